The number of anilines is 1. The summed E-state index contributed by atoms with van der Waals surface area (Å²) < 4.78 is 6.79. The van der Waals surface area contributed by atoms with E-state index in [0.29, 0.717) is 11.3 Å². The summed E-state index contributed by atoms with van der Waals surface area (Å²) in [5.41, 5.74) is 5.32. The predicted octanol–water partition coefficient (Wildman–Crippen LogP) is 5.52. The third-order valence-electron chi connectivity index (χ3n) is 5.41. The average Bonchev–Trinajstić information content (AvgIpc) is 3.37. The van der Waals surface area contributed by atoms with E-state index in [2.05, 4.69) is 15.5 Å². The normalized spacial score (nSPS) is 11.1. The maximum Gasteiger partial charge on any atom is 0.290 e. The van der Waals surface area contributed by atoms with Crippen LogP contribution in [0, 0.1) is 27.7 Å². The van der Waals surface area contributed by atoms with Gasteiger partial charge in [-0.3, -0.25) is 9.59 Å². The minimum Gasteiger partial charge on any atom is -0.451 e. The lowest BCUT2D eigenvalue weighted by Crippen LogP contribution is -2.35. The molecule has 0 unspecified atom stereocenters. The Kier molecular flexibility index (Phi) is 7.04. The van der Waals surface area contributed by atoms with Gasteiger partial charge in [-0.05, 0) is 44.9 Å². The highest BCUT2D eigenvalue weighted by molar-refractivity contribution is 8.00. The fraction of sp³-hybridized carbons (Fsp3) is 0.280. The molecule has 0 aliphatic heterocycles. The summed E-state index contributed by atoms with van der Waals surface area (Å²) in [7, 11) is 1.61. The highest BCUT2D eigenvalue weighted by atomic mass is 32.2. The molecule has 0 bridgehead atoms. The molecule has 4 aromatic rings. The number of likely N-dealkylation sites (N-methyl/N-ethyl adjacent to an activating group) is 1. The number of para-hydroxylation sites is 1. The number of nitrogens with zero attached hydrogens (tertiary/aromatic N) is 3. The number of carbonyl (C=O) groups excluding carboxylic acids is 2. The number of fused-ring (bicyclic) bond motifs is 1. The Morgan fingerprint density at radius 2 is 1.79 bits per heavy atom. The van der Waals surface area contributed by atoms with Gasteiger partial charge >= 0.3 is 0 Å². The SMILES string of the molecule is Cc1cc(C)c(NC(=O)CN(C)C(=O)c2oc3ccccc3c2CSc2nnc(C)s2)c(C)c1. The van der Waals surface area contributed by atoms with Crippen molar-refractivity contribution in [2.75, 3.05) is 18.9 Å². The van der Waals surface area contributed by atoms with Crippen LogP contribution in [0.3, 0.4) is 0 Å². The van der Waals surface area contributed by atoms with Crippen LogP contribution < -0.4 is 5.32 Å². The largest absolute Gasteiger partial charge is 0.451 e. The minimum atomic E-state index is -0.340. The fourth-order valence-corrected chi connectivity index (χ4v) is 5.75. The van der Waals surface area contributed by atoms with E-state index in [1.807, 2.05) is 64.1 Å². The van der Waals surface area contributed by atoms with Crippen LogP contribution in [0.1, 0.15) is 37.8 Å². The second-order valence-electron chi connectivity index (χ2n) is 8.26. The van der Waals surface area contributed by atoms with Crippen molar-refractivity contribution in [3.05, 3.63) is 69.4 Å². The summed E-state index contributed by atoms with van der Waals surface area (Å²) in [5, 5.41) is 12.9. The first kappa shape index (κ1) is 24.0. The maximum absolute atomic E-state index is 13.3. The monoisotopic (exact) mass is 494 g/mol. The number of rotatable bonds is 7. The average molecular weight is 495 g/mol. The van der Waals surface area contributed by atoms with Gasteiger partial charge in [-0.1, -0.05) is 59.0 Å². The number of thioether (sulfide) groups is 1. The van der Waals surface area contributed by atoms with Gasteiger partial charge in [0.15, 0.2) is 10.1 Å². The Bertz CT molecular complexity index is 1350. The third-order valence-corrected chi connectivity index (χ3v) is 7.41. The lowest BCUT2D eigenvalue weighted by Gasteiger charge is -2.18. The standard InChI is InChI=1S/C25H26N4O3S2/c1-14-10-15(2)22(16(3)11-14)26-21(30)12-29(5)24(31)23-19(13-33-25-28-27-17(4)34-25)18-8-6-7-9-20(18)32-23/h6-11H,12-13H2,1-5H3,(H,26,30). The summed E-state index contributed by atoms with van der Waals surface area (Å²) in [5.74, 6) is 0.150. The minimum absolute atomic E-state index is 0.0924. The molecule has 9 heteroatoms. The van der Waals surface area contributed by atoms with Crippen LogP contribution in [0.25, 0.3) is 11.0 Å². The summed E-state index contributed by atoms with van der Waals surface area (Å²) >= 11 is 3.02. The lowest BCUT2D eigenvalue weighted by molar-refractivity contribution is -0.116. The fourth-order valence-electron chi connectivity index (χ4n) is 3.90. The molecule has 2 aromatic carbocycles. The van der Waals surface area contributed by atoms with Crippen LogP contribution in [0.5, 0.6) is 0 Å². The molecular weight excluding hydrogens is 468 g/mol. The Labute approximate surface area is 206 Å². The van der Waals surface area contributed by atoms with Crippen LogP contribution in [-0.2, 0) is 10.5 Å². The number of aryl methyl sites for hydroxylation is 4. The number of aromatic nitrogens is 2. The van der Waals surface area contributed by atoms with Gasteiger partial charge in [0.05, 0.1) is 6.54 Å². The van der Waals surface area contributed by atoms with Gasteiger partial charge < -0.3 is 14.6 Å². The van der Waals surface area contributed by atoms with Crippen LogP contribution in [-0.4, -0.2) is 40.5 Å². The molecule has 2 amide bonds. The topological polar surface area (TPSA) is 88.3 Å². The van der Waals surface area contributed by atoms with E-state index in [1.54, 1.807) is 7.05 Å². The van der Waals surface area contributed by atoms with E-state index < -0.39 is 0 Å². The molecule has 4 rings (SSSR count). The van der Waals surface area contributed by atoms with Gasteiger partial charge in [0.2, 0.25) is 5.91 Å². The zero-order valence-electron chi connectivity index (χ0n) is 19.8. The van der Waals surface area contributed by atoms with Gasteiger partial charge in [-0.15, -0.1) is 10.2 Å². The number of carbonyl (C=O) groups is 2. The zero-order chi connectivity index (χ0) is 24.4. The predicted molar refractivity (Wildman–Crippen MR) is 137 cm³/mol. The number of hydrogen-bond donors (Lipinski definition) is 1. The molecular formula is C25H26N4O3S2. The number of furan rings is 1. The molecule has 2 aromatic heterocycles. The van der Waals surface area contributed by atoms with Gasteiger partial charge in [-0.25, -0.2) is 0 Å². The van der Waals surface area contributed by atoms with Crippen LogP contribution >= 0.6 is 23.1 Å². The maximum atomic E-state index is 13.3. The molecule has 0 saturated carbocycles. The summed E-state index contributed by atoms with van der Waals surface area (Å²) in [6.45, 7) is 7.76. The molecule has 7 nitrogen and oxygen atoms in total. The van der Waals surface area contributed by atoms with E-state index in [0.717, 1.165) is 42.7 Å². The Balaban J connectivity index is 1.53. The summed E-state index contributed by atoms with van der Waals surface area (Å²) in [6, 6.07) is 11.6. The molecule has 2 heterocycles. The van der Waals surface area contributed by atoms with Crippen molar-refractivity contribution < 1.29 is 14.0 Å². The van der Waals surface area contributed by atoms with Gasteiger partial charge in [0.1, 0.15) is 10.6 Å². The molecule has 0 atom stereocenters. The smallest absolute Gasteiger partial charge is 0.290 e. The number of nitrogens with one attached hydrogen (secondary N) is 1. The lowest BCUT2D eigenvalue weighted by atomic mass is 10.1. The second kappa shape index (κ2) is 9.99. The Morgan fingerprint density at radius 1 is 1.09 bits per heavy atom. The molecule has 0 radical (unpaired) electrons. The molecule has 176 valence electrons. The summed E-state index contributed by atoms with van der Waals surface area (Å²) in [4.78, 5) is 27.5. The van der Waals surface area contributed by atoms with Crippen LogP contribution in [0.2, 0.25) is 0 Å². The second-order valence-corrected chi connectivity index (χ2v) is 10.7. The van der Waals surface area contributed by atoms with E-state index in [1.165, 1.54) is 28.0 Å². The van der Waals surface area contributed by atoms with Crippen molar-refractivity contribution >= 4 is 51.6 Å². The Morgan fingerprint density at radius 3 is 2.47 bits per heavy atom. The molecule has 0 aliphatic rings. The van der Waals surface area contributed by atoms with Crippen molar-refractivity contribution in [3.63, 3.8) is 0 Å². The quantitative estimate of drug-likeness (QED) is 0.340. The first-order valence-corrected chi connectivity index (χ1v) is 12.6. The number of amides is 2. The zero-order valence-corrected chi connectivity index (χ0v) is 21.4. The molecule has 0 fully saturated rings. The van der Waals surface area contributed by atoms with E-state index in [4.69, 9.17) is 4.42 Å². The van der Waals surface area contributed by atoms with E-state index in [-0.39, 0.29) is 24.1 Å². The van der Waals surface area contributed by atoms with Crippen molar-refractivity contribution in [1.29, 1.82) is 0 Å². The van der Waals surface area contributed by atoms with Crippen molar-refractivity contribution in [2.24, 2.45) is 0 Å². The Hall–Kier alpha value is -3.17. The third kappa shape index (κ3) is 5.15. The highest BCUT2D eigenvalue weighted by Crippen LogP contribution is 2.33. The number of hydrogen-bond acceptors (Lipinski definition) is 7. The van der Waals surface area contributed by atoms with Gasteiger partial charge in [0.25, 0.3) is 5.91 Å². The van der Waals surface area contributed by atoms with Gasteiger partial charge in [-0.2, -0.15) is 0 Å². The molecule has 0 spiro atoms. The molecule has 0 saturated heterocycles. The van der Waals surface area contributed by atoms with E-state index in [9.17, 15) is 9.59 Å². The van der Waals surface area contributed by atoms with Crippen molar-refractivity contribution in [2.45, 2.75) is 37.8 Å². The van der Waals surface area contributed by atoms with Crippen LogP contribution in [0.4, 0.5) is 5.69 Å². The first-order valence-electron chi connectivity index (χ1n) is 10.8. The molecule has 1 N–H and O–H groups in total. The highest BCUT2D eigenvalue weighted by Gasteiger charge is 2.25. The summed E-state index contributed by atoms with van der Waals surface area (Å²) in [6.07, 6.45) is 0. The van der Waals surface area contributed by atoms with Crippen molar-refractivity contribution in [1.82, 2.24) is 15.1 Å². The first-order chi connectivity index (χ1) is 16.2. The van der Waals surface area contributed by atoms with Crippen LogP contribution in [0.15, 0.2) is 45.2 Å². The van der Waals surface area contributed by atoms with Gasteiger partial charge in [0, 0.05) is 29.4 Å². The van der Waals surface area contributed by atoms with Crippen molar-refractivity contribution in [3.8, 4) is 0 Å². The molecule has 34 heavy (non-hydrogen) atoms. The number of benzene rings is 2. The molecule has 0 aliphatic carbocycles. The van der Waals surface area contributed by atoms with E-state index >= 15 is 0 Å².